The number of likely N-dealkylation sites (N-methyl/N-ethyl adjacent to an activating group) is 1. The predicted molar refractivity (Wildman–Crippen MR) is 233 cm³/mol. The van der Waals surface area contributed by atoms with E-state index < -0.39 is 0 Å². The van der Waals surface area contributed by atoms with Gasteiger partial charge in [-0.15, -0.1) is 0 Å². The molecule has 16 nitrogen and oxygen atoms in total. The number of hydrazine groups is 1. The maximum atomic E-state index is 13.5. The second-order valence-corrected chi connectivity index (χ2v) is 17.1. The van der Waals surface area contributed by atoms with E-state index in [1.54, 1.807) is 36.3 Å². The molecule has 2 aromatic carbocycles. The quantitative estimate of drug-likeness (QED) is 0.171. The second-order valence-electron chi connectivity index (χ2n) is 17.1. The normalized spacial score (nSPS) is 22.0. The highest BCUT2D eigenvalue weighted by Crippen LogP contribution is 2.40. The lowest BCUT2D eigenvalue weighted by Gasteiger charge is -2.43. The van der Waals surface area contributed by atoms with Crippen molar-refractivity contribution in [2.45, 2.75) is 89.1 Å². The van der Waals surface area contributed by atoms with Gasteiger partial charge in [-0.2, -0.15) is 4.98 Å². The number of amides is 4. The zero-order chi connectivity index (χ0) is 42.5. The van der Waals surface area contributed by atoms with Crippen LogP contribution in [-0.4, -0.2) is 127 Å². The van der Waals surface area contributed by atoms with E-state index >= 15 is 0 Å². The fourth-order valence-corrected chi connectivity index (χ4v) is 9.67. The van der Waals surface area contributed by atoms with E-state index in [1.807, 2.05) is 24.1 Å². The van der Waals surface area contributed by atoms with Crippen LogP contribution in [0.2, 0.25) is 0 Å². The summed E-state index contributed by atoms with van der Waals surface area (Å²) in [4.78, 5) is 69.0. The molecule has 4 aliphatic heterocycles. The third-order valence-electron chi connectivity index (χ3n) is 13.3. The number of piperazine rings is 1. The average molecular weight is 837 g/mol. The van der Waals surface area contributed by atoms with Crippen molar-refractivity contribution in [2.75, 3.05) is 86.1 Å². The zero-order valence-electron chi connectivity index (χ0n) is 35.5. The molecule has 5 aliphatic rings. The zero-order valence-corrected chi connectivity index (χ0v) is 35.5. The largest absolute Gasteiger partial charge is 0.489 e. The van der Waals surface area contributed by atoms with E-state index in [4.69, 9.17) is 9.72 Å². The maximum Gasteiger partial charge on any atom is 0.265 e. The van der Waals surface area contributed by atoms with Crippen molar-refractivity contribution in [1.29, 1.82) is 0 Å². The minimum atomic E-state index is -0.281. The van der Waals surface area contributed by atoms with Crippen molar-refractivity contribution in [3.63, 3.8) is 0 Å². The number of anilines is 5. The second kappa shape index (κ2) is 19.2. The number of aliphatic hydroxyl groups is 1. The lowest BCUT2D eigenvalue weighted by Crippen LogP contribution is -2.55. The molecule has 1 unspecified atom stereocenters. The Morgan fingerprint density at radius 2 is 1.70 bits per heavy atom. The first-order valence-electron chi connectivity index (χ1n) is 22.2. The number of aliphatic hydroxyl groups excluding tert-OH is 1. The molecule has 0 bridgehead atoms. The van der Waals surface area contributed by atoms with Crippen LogP contribution in [0.3, 0.4) is 0 Å². The van der Waals surface area contributed by atoms with Gasteiger partial charge in [0.1, 0.15) is 24.1 Å². The molecule has 16 heteroatoms. The molecule has 3 saturated heterocycles. The molecule has 1 aromatic heterocycles. The molecule has 2 atom stereocenters. The van der Waals surface area contributed by atoms with Crippen LogP contribution in [0.4, 0.5) is 28.8 Å². The number of carbonyl (C=O) groups is 4. The third-order valence-corrected chi connectivity index (χ3v) is 13.3. The van der Waals surface area contributed by atoms with E-state index in [2.05, 4.69) is 47.9 Å². The van der Waals surface area contributed by atoms with Crippen molar-refractivity contribution in [3.8, 4) is 5.75 Å². The summed E-state index contributed by atoms with van der Waals surface area (Å²) in [6, 6.07) is 13.4. The Labute approximate surface area is 358 Å². The fourth-order valence-electron chi connectivity index (χ4n) is 9.67. The molecule has 8 rings (SSSR count). The lowest BCUT2D eigenvalue weighted by molar-refractivity contribution is -0.134. The molecule has 326 valence electrons. The number of hydrogen-bond acceptors (Lipinski definition) is 13. The number of piperidine rings is 2. The molecule has 4 N–H and O–H groups in total. The molecule has 4 amide bonds. The molecule has 0 radical (unpaired) electrons. The molecule has 5 heterocycles. The molecule has 4 fully saturated rings. The van der Waals surface area contributed by atoms with Gasteiger partial charge in [0, 0.05) is 70.0 Å². The smallest absolute Gasteiger partial charge is 0.265 e. The van der Waals surface area contributed by atoms with E-state index in [1.165, 1.54) is 0 Å². The van der Waals surface area contributed by atoms with Gasteiger partial charge in [0.2, 0.25) is 23.7 Å². The van der Waals surface area contributed by atoms with Crippen LogP contribution in [0.25, 0.3) is 0 Å². The van der Waals surface area contributed by atoms with E-state index in [9.17, 15) is 24.3 Å². The number of hydrogen-bond donors (Lipinski definition) is 4. The molecular weight excluding hydrogens is 777 g/mol. The average Bonchev–Trinajstić information content (AvgIpc) is 3.82. The number of fused-ring (bicyclic) bond motifs is 1. The van der Waals surface area contributed by atoms with Gasteiger partial charge in [-0.25, -0.2) is 9.99 Å². The summed E-state index contributed by atoms with van der Waals surface area (Å²) in [5, 5.41) is 17.3. The van der Waals surface area contributed by atoms with Crippen LogP contribution in [0.1, 0.15) is 93.0 Å². The monoisotopic (exact) mass is 836 g/mol. The molecule has 0 spiro atoms. The van der Waals surface area contributed by atoms with Gasteiger partial charge in [-0.3, -0.25) is 34.8 Å². The van der Waals surface area contributed by atoms with Crippen LogP contribution < -0.4 is 35.5 Å². The predicted octanol–water partition coefficient (Wildman–Crippen LogP) is 4.18. The van der Waals surface area contributed by atoms with E-state index in [0.717, 1.165) is 108 Å². The summed E-state index contributed by atoms with van der Waals surface area (Å²) in [5.74, 6) is 1.27. The summed E-state index contributed by atoms with van der Waals surface area (Å²) in [7, 11) is 1.78. The van der Waals surface area contributed by atoms with Gasteiger partial charge in [0.25, 0.3) is 5.91 Å². The first-order chi connectivity index (χ1) is 29.7. The fraction of sp³-hybridized carbons (Fsp3) is 0.556. The minimum Gasteiger partial charge on any atom is -0.489 e. The van der Waals surface area contributed by atoms with Crippen molar-refractivity contribution in [2.24, 2.45) is 5.92 Å². The number of nitrogens with one attached hydrogen (secondary N) is 3. The lowest BCUT2D eigenvalue weighted by atomic mass is 9.90. The summed E-state index contributed by atoms with van der Waals surface area (Å²) in [5.41, 5.74) is 6.91. The van der Waals surface area contributed by atoms with Crippen LogP contribution in [-0.2, 0) is 14.4 Å². The SMILES string of the molecule is CC[C@@H]1C(=O)N(C)c2cnc(Nc3ccc(C(=O)NN4CCC(CCN5CCN(c6ccc(C7CCC(=O)NC7=O)cc6)CC5)CC4)cc3OCCO)nc2N1C1CCCC1. The van der Waals surface area contributed by atoms with Gasteiger partial charge in [-0.1, -0.05) is 31.9 Å². The number of benzene rings is 2. The highest BCUT2D eigenvalue weighted by Gasteiger charge is 2.41. The van der Waals surface area contributed by atoms with Crippen molar-refractivity contribution >= 4 is 52.5 Å². The van der Waals surface area contributed by atoms with Crippen LogP contribution >= 0.6 is 0 Å². The Morgan fingerprint density at radius 3 is 2.41 bits per heavy atom. The molecule has 61 heavy (non-hydrogen) atoms. The van der Waals surface area contributed by atoms with Gasteiger partial charge in [-0.05, 0) is 93.3 Å². The molecular formula is C45H60N10O6. The van der Waals surface area contributed by atoms with Crippen LogP contribution in [0, 0.1) is 5.92 Å². The number of imide groups is 1. The Bertz CT molecular complexity index is 2050. The van der Waals surface area contributed by atoms with Crippen LogP contribution in [0.15, 0.2) is 48.7 Å². The summed E-state index contributed by atoms with van der Waals surface area (Å²) in [6.45, 7) is 8.42. The minimum absolute atomic E-state index is 0.0521. The summed E-state index contributed by atoms with van der Waals surface area (Å²) >= 11 is 0. The first-order valence-corrected chi connectivity index (χ1v) is 22.2. The Morgan fingerprint density at radius 1 is 0.951 bits per heavy atom. The summed E-state index contributed by atoms with van der Waals surface area (Å²) < 4.78 is 5.92. The van der Waals surface area contributed by atoms with E-state index in [0.29, 0.717) is 53.8 Å². The molecule has 1 saturated carbocycles. The number of nitrogens with zero attached hydrogens (tertiary/aromatic N) is 7. The highest BCUT2D eigenvalue weighted by molar-refractivity contribution is 6.04. The van der Waals surface area contributed by atoms with Crippen molar-refractivity contribution in [3.05, 3.63) is 59.8 Å². The van der Waals surface area contributed by atoms with Gasteiger partial charge >= 0.3 is 0 Å². The van der Waals surface area contributed by atoms with Crippen LogP contribution in [0.5, 0.6) is 5.75 Å². The standard InChI is InChI=1S/C45H60N10O6/c1-3-37-44(60)51(2)38-29-46-45(49-41(38)55(37)34-6-4-5-7-34)47-36-14-10-32(28-39(36)61-27-26-56)42(58)50-54-20-17-30(18-21-54)16-19-52-22-24-53(25-23-52)33-11-8-31(9-12-33)35-13-15-40(57)48-43(35)59/h8-12,14,28-30,34-35,37,56H,3-7,13,15-27H2,1-2H3,(H,50,58)(H,46,47,49)(H,48,57,59)/t35?,37-/m1/s1. The topological polar surface area (TPSA) is 176 Å². The highest BCUT2D eigenvalue weighted by atomic mass is 16.5. The molecule has 1 aliphatic carbocycles. The Balaban J connectivity index is 0.811. The van der Waals surface area contributed by atoms with Gasteiger partial charge in [0.05, 0.1) is 24.4 Å². The first kappa shape index (κ1) is 42.4. The number of ether oxygens (including phenoxy) is 1. The Kier molecular flexibility index (Phi) is 13.3. The molecule has 3 aromatic rings. The van der Waals surface area contributed by atoms with Gasteiger partial charge in [0.15, 0.2) is 5.82 Å². The van der Waals surface area contributed by atoms with E-state index in [-0.39, 0.29) is 54.8 Å². The van der Waals surface area contributed by atoms with Crippen molar-refractivity contribution < 1.29 is 29.0 Å². The summed E-state index contributed by atoms with van der Waals surface area (Å²) in [6.07, 6.45) is 10.8. The number of aromatic nitrogens is 2. The van der Waals surface area contributed by atoms with Gasteiger partial charge < -0.3 is 29.9 Å². The number of carbonyl (C=O) groups excluding carboxylic acids is 4. The number of rotatable bonds is 14. The maximum absolute atomic E-state index is 13.5. The Hall–Kier alpha value is -5.32. The third kappa shape index (κ3) is 9.61. The van der Waals surface area contributed by atoms with Crippen molar-refractivity contribution in [1.82, 2.24) is 30.6 Å².